The van der Waals surface area contributed by atoms with Crippen molar-refractivity contribution in [1.29, 1.82) is 0 Å². The third-order valence-electron chi connectivity index (χ3n) is 5.80. The Hall–Kier alpha value is -3.82. The van der Waals surface area contributed by atoms with Gasteiger partial charge in [0.15, 0.2) is 0 Å². The van der Waals surface area contributed by atoms with Gasteiger partial charge in [-0.3, -0.25) is 29.4 Å². The SMILES string of the molecule is CC(C(=O)Nc1cc(F)ccc1N1CCCCC1)N1C(=O)c2cccc([N+](=O)[O-])c2C1=O. The van der Waals surface area contributed by atoms with Crippen molar-refractivity contribution in [2.45, 2.75) is 32.2 Å². The molecule has 2 aromatic carbocycles. The molecule has 0 spiro atoms. The van der Waals surface area contributed by atoms with Crippen LogP contribution in [0.1, 0.15) is 46.9 Å². The van der Waals surface area contributed by atoms with Crippen LogP contribution in [0.4, 0.5) is 21.5 Å². The van der Waals surface area contributed by atoms with E-state index in [0.717, 1.165) is 38.4 Å². The molecule has 9 nitrogen and oxygen atoms in total. The Bertz CT molecular complexity index is 1130. The number of nitro benzene ring substituents is 1. The number of benzene rings is 2. The fraction of sp³-hybridized carbons (Fsp3) is 0.318. The van der Waals surface area contributed by atoms with Gasteiger partial charge in [-0.05, 0) is 50.5 Å². The number of nitrogens with one attached hydrogen (secondary N) is 1. The molecule has 10 heteroatoms. The second kappa shape index (κ2) is 8.37. The normalized spacial score (nSPS) is 16.7. The molecule has 2 aromatic rings. The number of carbonyl (C=O) groups is 3. The number of hydrogen-bond acceptors (Lipinski definition) is 6. The van der Waals surface area contributed by atoms with Crippen LogP contribution in [0.15, 0.2) is 36.4 Å². The maximum atomic E-state index is 13.9. The molecule has 0 bridgehead atoms. The highest BCUT2D eigenvalue weighted by Gasteiger charge is 2.45. The molecule has 3 amide bonds. The first-order chi connectivity index (χ1) is 15.3. The Labute approximate surface area is 182 Å². The molecule has 166 valence electrons. The van der Waals surface area contributed by atoms with E-state index in [2.05, 4.69) is 10.2 Å². The van der Waals surface area contributed by atoms with Gasteiger partial charge in [-0.2, -0.15) is 0 Å². The first kappa shape index (κ1) is 21.4. The Morgan fingerprint density at radius 2 is 1.84 bits per heavy atom. The van der Waals surface area contributed by atoms with Gasteiger partial charge >= 0.3 is 0 Å². The van der Waals surface area contributed by atoms with E-state index >= 15 is 0 Å². The van der Waals surface area contributed by atoms with Gasteiger partial charge in [0, 0.05) is 19.2 Å². The third kappa shape index (κ3) is 3.68. The van der Waals surface area contributed by atoms with Crippen LogP contribution < -0.4 is 10.2 Å². The minimum Gasteiger partial charge on any atom is -0.370 e. The van der Waals surface area contributed by atoms with E-state index in [0.29, 0.717) is 10.6 Å². The monoisotopic (exact) mass is 440 g/mol. The average Bonchev–Trinajstić information content (AvgIpc) is 3.04. The highest BCUT2D eigenvalue weighted by molar-refractivity contribution is 6.25. The number of imide groups is 1. The molecule has 2 aliphatic heterocycles. The zero-order valence-corrected chi connectivity index (χ0v) is 17.3. The zero-order chi connectivity index (χ0) is 23.0. The number of nitro groups is 1. The molecule has 32 heavy (non-hydrogen) atoms. The maximum Gasteiger partial charge on any atom is 0.282 e. The molecule has 0 aliphatic carbocycles. The molecular weight excluding hydrogens is 419 g/mol. The highest BCUT2D eigenvalue weighted by atomic mass is 19.1. The quantitative estimate of drug-likeness (QED) is 0.433. The van der Waals surface area contributed by atoms with Crippen molar-refractivity contribution in [3.8, 4) is 0 Å². The largest absolute Gasteiger partial charge is 0.370 e. The van der Waals surface area contributed by atoms with E-state index in [9.17, 15) is 28.9 Å². The van der Waals surface area contributed by atoms with Crippen LogP contribution in [0.2, 0.25) is 0 Å². The second-order valence-corrected chi connectivity index (χ2v) is 7.81. The van der Waals surface area contributed by atoms with E-state index in [1.54, 1.807) is 6.07 Å². The van der Waals surface area contributed by atoms with E-state index < -0.39 is 40.2 Å². The van der Waals surface area contributed by atoms with Crippen molar-refractivity contribution >= 4 is 34.8 Å². The van der Waals surface area contributed by atoms with Crippen LogP contribution in [0.25, 0.3) is 0 Å². The lowest BCUT2D eigenvalue weighted by molar-refractivity contribution is -0.385. The Balaban J connectivity index is 1.60. The van der Waals surface area contributed by atoms with Gasteiger partial charge in [-0.1, -0.05) is 6.07 Å². The van der Waals surface area contributed by atoms with Gasteiger partial charge in [-0.25, -0.2) is 4.39 Å². The molecule has 4 rings (SSSR count). The van der Waals surface area contributed by atoms with E-state index in [1.165, 1.54) is 31.2 Å². The number of nitrogens with zero attached hydrogens (tertiary/aromatic N) is 3. The van der Waals surface area contributed by atoms with Gasteiger partial charge in [0.25, 0.3) is 17.5 Å². The molecule has 1 saturated heterocycles. The zero-order valence-electron chi connectivity index (χ0n) is 17.3. The van der Waals surface area contributed by atoms with Crippen LogP contribution >= 0.6 is 0 Å². The van der Waals surface area contributed by atoms with Gasteiger partial charge in [-0.15, -0.1) is 0 Å². The number of anilines is 2. The average molecular weight is 440 g/mol. The first-order valence-corrected chi connectivity index (χ1v) is 10.3. The summed E-state index contributed by atoms with van der Waals surface area (Å²) >= 11 is 0. The van der Waals surface area contributed by atoms with Gasteiger partial charge in [0.2, 0.25) is 5.91 Å². The van der Waals surface area contributed by atoms with Crippen molar-refractivity contribution in [1.82, 2.24) is 4.90 Å². The smallest absolute Gasteiger partial charge is 0.282 e. The molecule has 1 unspecified atom stereocenters. The van der Waals surface area contributed by atoms with Gasteiger partial charge < -0.3 is 10.2 Å². The molecule has 0 radical (unpaired) electrons. The molecular formula is C22H21FN4O5. The minimum absolute atomic E-state index is 0.122. The summed E-state index contributed by atoms with van der Waals surface area (Å²) in [5.41, 5.74) is -0.0463. The number of rotatable bonds is 5. The number of amides is 3. The molecule has 1 fully saturated rings. The fourth-order valence-corrected chi connectivity index (χ4v) is 4.16. The van der Waals surface area contributed by atoms with Gasteiger partial charge in [0.1, 0.15) is 17.4 Å². The first-order valence-electron chi connectivity index (χ1n) is 10.3. The highest BCUT2D eigenvalue weighted by Crippen LogP contribution is 2.33. The second-order valence-electron chi connectivity index (χ2n) is 7.81. The molecule has 1 N–H and O–H groups in total. The summed E-state index contributed by atoms with van der Waals surface area (Å²) in [4.78, 5) is 51.9. The van der Waals surface area contributed by atoms with Crippen LogP contribution in [-0.4, -0.2) is 46.7 Å². The standard InChI is InChI=1S/C22H21FN4O5/c1-13(26-21(29)15-6-5-7-18(27(31)32)19(15)22(26)30)20(28)24-16-12-14(23)8-9-17(16)25-10-3-2-4-11-25/h5-9,12-13H,2-4,10-11H2,1H3,(H,24,28). The Morgan fingerprint density at radius 1 is 1.12 bits per heavy atom. The van der Waals surface area contributed by atoms with Crippen molar-refractivity contribution < 1.29 is 23.7 Å². The summed E-state index contributed by atoms with van der Waals surface area (Å²) in [5.74, 6) is -2.93. The maximum absolute atomic E-state index is 13.9. The minimum atomic E-state index is -1.26. The summed E-state index contributed by atoms with van der Waals surface area (Å²) in [5, 5.41) is 13.9. The molecule has 0 saturated carbocycles. The van der Waals surface area contributed by atoms with Crippen molar-refractivity contribution in [2.75, 3.05) is 23.3 Å². The lowest BCUT2D eigenvalue weighted by Crippen LogP contribution is -2.45. The van der Waals surface area contributed by atoms with E-state index in [-0.39, 0.29) is 16.8 Å². The topological polar surface area (TPSA) is 113 Å². The summed E-state index contributed by atoms with van der Waals surface area (Å²) in [6.07, 6.45) is 3.06. The molecule has 0 aromatic heterocycles. The number of hydrogen-bond donors (Lipinski definition) is 1. The van der Waals surface area contributed by atoms with Crippen LogP contribution in [-0.2, 0) is 4.79 Å². The Morgan fingerprint density at radius 3 is 2.53 bits per heavy atom. The molecule has 1 atom stereocenters. The van der Waals surface area contributed by atoms with E-state index in [4.69, 9.17) is 0 Å². The predicted octanol–water partition coefficient (Wildman–Crippen LogP) is 3.35. The number of fused-ring (bicyclic) bond motifs is 1. The summed E-state index contributed by atoms with van der Waals surface area (Å²) in [6.45, 7) is 2.89. The number of carbonyl (C=O) groups excluding carboxylic acids is 3. The summed E-state index contributed by atoms with van der Waals surface area (Å²) in [6, 6.07) is 6.60. The summed E-state index contributed by atoms with van der Waals surface area (Å²) < 4.78 is 13.9. The fourth-order valence-electron chi connectivity index (χ4n) is 4.16. The predicted molar refractivity (Wildman–Crippen MR) is 114 cm³/mol. The molecule has 2 heterocycles. The number of piperidine rings is 1. The lowest BCUT2D eigenvalue weighted by atomic mass is 10.1. The van der Waals surface area contributed by atoms with E-state index in [1.807, 2.05) is 0 Å². The lowest BCUT2D eigenvalue weighted by Gasteiger charge is -2.31. The van der Waals surface area contributed by atoms with Crippen molar-refractivity contribution in [2.24, 2.45) is 0 Å². The van der Waals surface area contributed by atoms with Crippen LogP contribution in [0.3, 0.4) is 0 Å². The number of halogens is 1. The van der Waals surface area contributed by atoms with Gasteiger partial charge in [0.05, 0.1) is 21.9 Å². The van der Waals surface area contributed by atoms with Crippen molar-refractivity contribution in [3.63, 3.8) is 0 Å². The summed E-state index contributed by atoms with van der Waals surface area (Å²) in [7, 11) is 0. The van der Waals surface area contributed by atoms with Crippen LogP contribution in [0, 0.1) is 15.9 Å². The molecule has 2 aliphatic rings. The Kier molecular flexibility index (Phi) is 5.60. The van der Waals surface area contributed by atoms with Crippen molar-refractivity contribution in [3.05, 3.63) is 63.5 Å². The third-order valence-corrected chi connectivity index (χ3v) is 5.80. The van der Waals surface area contributed by atoms with Crippen LogP contribution in [0.5, 0.6) is 0 Å².